The highest BCUT2D eigenvalue weighted by Crippen LogP contribution is 2.28. The fourth-order valence-electron chi connectivity index (χ4n) is 1.51. The Labute approximate surface area is 108 Å². The van der Waals surface area contributed by atoms with Gasteiger partial charge in [0.15, 0.2) is 0 Å². The van der Waals surface area contributed by atoms with Crippen LogP contribution >= 0.6 is 0 Å². The molecule has 0 atom stereocenters. The van der Waals surface area contributed by atoms with E-state index in [1.54, 1.807) is 12.1 Å². The zero-order valence-electron chi connectivity index (χ0n) is 10.0. The first kappa shape index (κ1) is 12.6. The third-order valence-corrected chi connectivity index (χ3v) is 2.36. The second-order valence-electron chi connectivity index (χ2n) is 3.65. The normalized spacial score (nSPS) is 9.95. The predicted molar refractivity (Wildman–Crippen MR) is 68.8 cm³/mol. The third-order valence-electron chi connectivity index (χ3n) is 2.36. The van der Waals surface area contributed by atoms with Gasteiger partial charge in [-0.1, -0.05) is 6.07 Å². The summed E-state index contributed by atoms with van der Waals surface area (Å²) in [7, 11) is 1.42. The van der Waals surface area contributed by atoms with Crippen molar-refractivity contribution in [3.05, 3.63) is 46.5 Å². The van der Waals surface area contributed by atoms with Crippen LogP contribution in [-0.4, -0.2) is 22.1 Å². The third kappa shape index (κ3) is 2.89. The molecule has 98 valence electrons. The van der Waals surface area contributed by atoms with Crippen LogP contribution in [0.5, 0.6) is 11.6 Å². The van der Waals surface area contributed by atoms with Crippen LogP contribution in [0.25, 0.3) is 0 Å². The number of benzene rings is 1. The Morgan fingerprint density at radius 1 is 1.37 bits per heavy atom. The van der Waals surface area contributed by atoms with Gasteiger partial charge in [-0.15, -0.1) is 0 Å². The topological polar surface area (TPSA) is 97.5 Å². The first-order valence-electron chi connectivity index (χ1n) is 5.35. The monoisotopic (exact) mass is 261 g/mol. The van der Waals surface area contributed by atoms with E-state index in [1.807, 2.05) is 0 Å². The molecule has 0 aliphatic heterocycles. The molecule has 1 aromatic carbocycles. The average molecular weight is 261 g/mol. The molecule has 2 rings (SSSR count). The molecular weight excluding hydrogens is 250 g/mol. The summed E-state index contributed by atoms with van der Waals surface area (Å²) in [6.07, 6.45) is 0. The molecule has 0 fully saturated rings. The molecule has 0 unspecified atom stereocenters. The van der Waals surface area contributed by atoms with Gasteiger partial charge in [-0.25, -0.2) is 0 Å². The summed E-state index contributed by atoms with van der Waals surface area (Å²) in [4.78, 5) is 14.4. The zero-order chi connectivity index (χ0) is 13.8. The molecule has 0 saturated heterocycles. The Bertz CT molecular complexity index is 616. The summed E-state index contributed by atoms with van der Waals surface area (Å²) in [6.45, 7) is 0. The summed E-state index contributed by atoms with van der Waals surface area (Å²) in [5.41, 5.74) is 0.313. The number of methoxy groups -OCH3 is 1. The number of anilines is 2. The molecule has 7 nitrogen and oxygen atoms in total. The number of phenolic OH excluding ortho intramolecular Hbond substituents is 1. The maximum absolute atomic E-state index is 10.9. The van der Waals surface area contributed by atoms with E-state index in [0.717, 1.165) is 0 Å². The second kappa shape index (κ2) is 5.21. The minimum Gasteiger partial charge on any atom is -0.508 e. The quantitative estimate of drug-likeness (QED) is 0.648. The highest BCUT2D eigenvalue weighted by atomic mass is 16.6. The van der Waals surface area contributed by atoms with E-state index in [0.29, 0.717) is 5.69 Å². The van der Waals surface area contributed by atoms with E-state index in [4.69, 9.17) is 4.74 Å². The molecule has 7 heteroatoms. The van der Waals surface area contributed by atoms with Crippen LogP contribution in [0.2, 0.25) is 0 Å². The van der Waals surface area contributed by atoms with E-state index >= 15 is 0 Å². The molecule has 2 aromatic rings. The first-order valence-corrected chi connectivity index (χ1v) is 5.35. The van der Waals surface area contributed by atoms with E-state index in [-0.39, 0.29) is 23.1 Å². The van der Waals surface area contributed by atoms with Crippen molar-refractivity contribution in [3.63, 3.8) is 0 Å². The molecule has 0 radical (unpaired) electrons. The lowest BCUT2D eigenvalue weighted by atomic mass is 10.3. The van der Waals surface area contributed by atoms with Crippen LogP contribution in [0.4, 0.5) is 17.2 Å². The van der Waals surface area contributed by atoms with Gasteiger partial charge >= 0.3 is 5.69 Å². The van der Waals surface area contributed by atoms with Crippen molar-refractivity contribution in [1.29, 1.82) is 0 Å². The Morgan fingerprint density at radius 2 is 2.16 bits per heavy atom. The van der Waals surface area contributed by atoms with Gasteiger partial charge in [0.2, 0.25) is 11.7 Å². The number of phenols is 1. The zero-order valence-corrected chi connectivity index (χ0v) is 10.0. The van der Waals surface area contributed by atoms with Gasteiger partial charge in [0.05, 0.1) is 12.0 Å². The molecule has 19 heavy (non-hydrogen) atoms. The number of aromatic nitrogens is 1. The minimum absolute atomic E-state index is 0.0509. The standard InChI is InChI=1S/C12H11N3O4/c1-19-11-6-5-10(15(17)18)12(14-11)13-8-3-2-4-9(16)7-8/h2-7,16H,1H3,(H,13,14). The van der Waals surface area contributed by atoms with Gasteiger partial charge in [-0.3, -0.25) is 10.1 Å². The largest absolute Gasteiger partial charge is 0.508 e. The maximum Gasteiger partial charge on any atom is 0.311 e. The Hall–Kier alpha value is -2.83. The van der Waals surface area contributed by atoms with Gasteiger partial charge < -0.3 is 15.2 Å². The molecule has 0 aliphatic carbocycles. The maximum atomic E-state index is 10.9. The summed E-state index contributed by atoms with van der Waals surface area (Å²) in [5.74, 6) is 0.360. The van der Waals surface area contributed by atoms with Gasteiger partial charge in [-0.05, 0) is 12.1 Å². The minimum atomic E-state index is -0.544. The lowest BCUT2D eigenvalue weighted by Crippen LogP contribution is -2.01. The Balaban J connectivity index is 2.39. The number of nitrogens with zero attached hydrogens (tertiary/aromatic N) is 2. The van der Waals surface area contributed by atoms with E-state index in [2.05, 4.69) is 10.3 Å². The predicted octanol–water partition coefficient (Wildman–Crippen LogP) is 2.45. The van der Waals surface area contributed by atoms with Crippen molar-refractivity contribution in [3.8, 4) is 11.6 Å². The first-order chi connectivity index (χ1) is 9.10. The molecule has 0 spiro atoms. The highest BCUT2D eigenvalue weighted by molar-refractivity contribution is 5.66. The second-order valence-corrected chi connectivity index (χ2v) is 3.65. The molecule has 0 bridgehead atoms. The molecule has 1 aromatic heterocycles. The summed E-state index contributed by atoms with van der Waals surface area (Å²) >= 11 is 0. The number of ether oxygens (including phenoxy) is 1. The number of nitro groups is 1. The summed E-state index contributed by atoms with van der Waals surface area (Å²) in [6, 6.07) is 8.92. The molecule has 2 N–H and O–H groups in total. The average Bonchev–Trinajstić information content (AvgIpc) is 2.38. The molecule has 0 amide bonds. The van der Waals surface area contributed by atoms with Gasteiger partial charge in [-0.2, -0.15) is 4.98 Å². The SMILES string of the molecule is COc1ccc([N+](=O)[O-])c(Nc2cccc(O)c2)n1. The van der Waals surface area contributed by atoms with Crippen LogP contribution < -0.4 is 10.1 Å². The highest BCUT2D eigenvalue weighted by Gasteiger charge is 2.16. The van der Waals surface area contributed by atoms with Crippen LogP contribution in [0, 0.1) is 10.1 Å². The van der Waals surface area contributed by atoms with Gasteiger partial charge in [0, 0.05) is 23.9 Å². The van der Waals surface area contributed by atoms with Crippen molar-refractivity contribution >= 4 is 17.2 Å². The molecule has 0 aliphatic rings. The van der Waals surface area contributed by atoms with Crippen molar-refractivity contribution in [2.75, 3.05) is 12.4 Å². The smallest absolute Gasteiger partial charge is 0.311 e. The number of hydrogen-bond donors (Lipinski definition) is 2. The van der Waals surface area contributed by atoms with Gasteiger partial charge in [0.25, 0.3) is 0 Å². The Kier molecular flexibility index (Phi) is 3.46. The number of aromatic hydroxyl groups is 1. The number of pyridine rings is 1. The van der Waals surface area contributed by atoms with Crippen molar-refractivity contribution in [2.45, 2.75) is 0 Å². The number of hydrogen-bond acceptors (Lipinski definition) is 6. The van der Waals surface area contributed by atoms with Crippen LogP contribution in [-0.2, 0) is 0 Å². The summed E-state index contributed by atoms with van der Waals surface area (Å²) in [5, 5.41) is 23.0. The lowest BCUT2D eigenvalue weighted by molar-refractivity contribution is -0.384. The van der Waals surface area contributed by atoms with Crippen molar-refractivity contribution in [2.24, 2.45) is 0 Å². The van der Waals surface area contributed by atoms with E-state index < -0.39 is 4.92 Å². The summed E-state index contributed by atoms with van der Waals surface area (Å²) < 4.78 is 4.93. The van der Waals surface area contributed by atoms with Crippen molar-refractivity contribution < 1.29 is 14.8 Å². The number of nitrogens with one attached hydrogen (secondary N) is 1. The fraction of sp³-hybridized carbons (Fsp3) is 0.0833. The number of rotatable bonds is 4. The fourth-order valence-corrected chi connectivity index (χ4v) is 1.51. The van der Waals surface area contributed by atoms with Crippen LogP contribution in [0.3, 0.4) is 0 Å². The van der Waals surface area contributed by atoms with Crippen LogP contribution in [0.1, 0.15) is 0 Å². The van der Waals surface area contributed by atoms with E-state index in [9.17, 15) is 15.2 Å². The molecule has 1 heterocycles. The van der Waals surface area contributed by atoms with Gasteiger partial charge in [0.1, 0.15) is 5.75 Å². The molecular formula is C12H11N3O4. The lowest BCUT2D eigenvalue weighted by Gasteiger charge is -2.07. The van der Waals surface area contributed by atoms with Crippen LogP contribution in [0.15, 0.2) is 36.4 Å². The Morgan fingerprint density at radius 3 is 2.79 bits per heavy atom. The van der Waals surface area contributed by atoms with Crippen molar-refractivity contribution in [1.82, 2.24) is 4.98 Å². The molecule has 0 saturated carbocycles. The van der Waals surface area contributed by atoms with E-state index in [1.165, 1.54) is 31.4 Å².